The van der Waals surface area contributed by atoms with Crippen LogP contribution in [0.15, 0.2) is 18.2 Å². The van der Waals surface area contributed by atoms with Crippen molar-refractivity contribution in [1.82, 2.24) is 0 Å². The maximum absolute atomic E-state index is 12.0. The van der Waals surface area contributed by atoms with Crippen LogP contribution >= 0.6 is 0 Å². The fraction of sp³-hybridized carbons (Fsp3) is 0.529. The van der Waals surface area contributed by atoms with Crippen molar-refractivity contribution in [2.75, 3.05) is 7.11 Å². The van der Waals surface area contributed by atoms with E-state index >= 15 is 0 Å². The van der Waals surface area contributed by atoms with Gasteiger partial charge in [0, 0.05) is 11.3 Å². The van der Waals surface area contributed by atoms with E-state index in [1.165, 1.54) is 7.11 Å². The Morgan fingerprint density at radius 1 is 1.24 bits per heavy atom. The molecule has 6 nitrogen and oxygen atoms in total. The number of hydrogen-bond acceptors (Lipinski definition) is 6. The number of rotatable bonds is 7. The molecule has 2 rings (SSSR count). The van der Waals surface area contributed by atoms with Crippen LogP contribution in [0.1, 0.15) is 58.4 Å². The third-order valence-corrected chi connectivity index (χ3v) is 4.72. The van der Waals surface area contributed by atoms with Crippen LogP contribution < -0.4 is 4.74 Å². The Morgan fingerprint density at radius 3 is 2.48 bits per heavy atom. The van der Waals surface area contributed by atoms with Crippen LogP contribution in [0, 0.1) is 0 Å². The molecular weight excluding hydrogens is 357 g/mol. The smallest absolute Gasteiger partial charge is 1.00 e. The van der Waals surface area contributed by atoms with Gasteiger partial charge in [-0.1, -0.05) is 36.1 Å². The van der Waals surface area contributed by atoms with E-state index < -0.39 is 23.0 Å². The average molecular weight is 380 g/mol. The number of hydrogen-bond donors (Lipinski definition) is 0. The topological polar surface area (TPSA) is 92.7 Å². The van der Waals surface area contributed by atoms with Crippen LogP contribution in [0.3, 0.4) is 0 Å². The summed E-state index contributed by atoms with van der Waals surface area (Å²) in [5, 5.41) is 0. The van der Waals surface area contributed by atoms with Crippen LogP contribution in [0.25, 0.3) is 0 Å². The maximum Gasteiger partial charge on any atom is 2.00 e. The summed E-state index contributed by atoms with van der Waals surface area (Å²) in [7, 11) is 1.26. The van der Waals surface area contributed by atoms with Gasteiger partial charge < -0.3 is 16.9 Å². The van der Waals surface area contributed by atoms with Gasteiger partial charge in [0.25, 0.3) is 0 Å². The molecule has 1 aliphatic carbocycles. The summed E-state index contributed by atoms with van der Waals surface area (Å²) in [6, 6.07) is 5.12. The first-order valence-electron chi connectivity index (χ1n) is 7.96. The Balaban J connectivity index is 0. The molecule has 0 heterocycles. The molecule has 0 bridgehead atoms. The minimum Gasteiger partial charge on any atom is -1.00 e. The molecule has 0 N–H and O–H groups in total. The molecule has 0 amide bonds. The Hall–Kier alpha value is -0.964. The molecule has 0 aromatic heterocycles. The zero-order valence-electron chi connectivity index (χ0n) is 16.3. The predicted molar refractivity (Wildman–Crippen MR) is 95.1 cm³/mol. The van der Waals surface area contributed by atoms with Crippen LogP contribution in [-0.2, 0) is 31.2 Å². The van der Waals surface area contributed by atoms with Gasteiger partial charge in [0.05, 0.1) is 20.0 Å². The van der Waals surface area contributed by atoms with Gasteiger partial charge in [-0.2, -0.15) is 0 Å². The van der Waals surface area contributed by atoms with E-state index in [9.17, 15) is 18.4 Å². The van der Waals surface area contributed by atoms with Gasteiger partial charge in [-0.15, -0.1) is 0 Å². The van der Waals surface area contributed by atoms with Gasteiger partial charge in [-0.05, 0) is 30.4 Å². The first-order valence-corrected chi connectivity index (χ1v) is 9.20. The Labute approximate surface area is 169 Å². The van der Waals surface area contributed by atoms with Gasteiger partial charge in [0.2, 0.25) is 0 Å². The molecule has 1 saturated carbocycles. The first kappa shape index (κ1) is 22.1. The van der Waals surface area contributed by atoms with Crippen LogP contribution in [0.2, 0.25) is 0 Å². The fourth-order valence-electron chi connectivity index (χ4n) is 3.09. The summed E-state index contributed by atoms with van der Waals surface area (Å²) in [5.74, 6) is -0.495. The molecule has 1 atom stereocenters. The number of esters is 2. The minimum absolute atomic E-state index is 0. The van der Waals surface area contributed by atoms with Gasteiger partial charge in [0.15, 0.2) is 0 Å². The second kappa shape index (κ2) is 10.9. The summed E-state index contributed by atoms with van der Waals surface area (Å²) in [6.45, 7) is 0. The average Bonchev–Trinajstić information content (AvgIpc) is 3.06. The molecule has 0 radical (unpaired) electrons. The zero-order valence-corrected chi connectivity index (χ0v) is 16.6. The molecule has 0 spiro atoms. The Bertz CT molecular complexity index is 638. The minimum atomic E-state index is -2.21. The Kier molecular flexibility index (Phi) is 9.63. The second-order valence-electron chi connectivity index (χ2n) is 5.81. The van der Waals surface area contributed by atoms with Gasteiger partial charge >= 0.3 is 35.0 Å². The summed E-state index contributed by atoms with van der Waals surface area (Å²) in [5.41, 5.74) is 1.49. The second-order valence-corrected chi connectivity index (χ2v) is 6.70. The monoisotopic (exact) mass is 379 g/mol. The van der Waals surface area contributed by atoms with E-state index in [2.05, 4.69) is 4.74 Å². The number of methoxy groups -OCH3 is 1. The van der Waals surface area contributed by atoms with E-state index in [1.54, 1.807) is 18.2 Å². The van der Waals surface area contributed by atoms with Gasteiger partial charge in [-0.25, -0.2) is 0 Å². The van der Waals surface area contributed by atoms with Gasteiger partial charge in [0.1, 0.15) is 5.75 Å². The fourth-order valence-corrected chi connectivity index (χ4v) is 3.59. The molecule has 1 aromatic rings. The summed E-state index contributed by atoms with van der Waals surface area (Å²) in [4.78, 5) is 23.1. The summed E-state index contributed by atoms with van der Waals surface area (Å²) >= 11 is -2.21. The van der Waals surface area contributed by atoms with Gasteiger partial charge in [-0.3, -0.25) is 13.8 Å². The van der Waals surface area contributed by atoms with E-state index in [4.69, 9.17) is 4.74 Å². The van der Waals surface area contributed by atoms with Crippen molar-refractivity contribution in [2.24, 2.45) is 0 Å². The zero-order chi connectivity index (χ0) is 17.5. The van der Waals surface area contributed by atoms with Crippen LogP contribution in [0.4, 0.5) is 0 Å². The van der Waals surface area contributed by atoms with Crippen molar-refractivity contribution in [3.05, 3.63) is 29.3 Å². The van der Waals surface area contributed by atoms with E-state index in [0.29, 0.717) is 11.3 Å². The molecule has 8 heteroatoms. The van der Waals surface area contributed by atoms with E-state index in [1.807, 2.05) is 0 Å². The van der Waals surface area contributed by atoms with Crippen molar-refractivity contribution in [3.8, 4) is 5.75 Å². The third kappa shape index (κ3) is 6.69. The van der Waals surface area contributed by atoms with Crippen LogP contribution in [-0.4, -0.2) is 50.9 Å². The SMILES string of the molecule is COC(=O)CCC(=O)Oc1cccc(CS(=O)[O-])c1C1CCCC1.[H-].[H-].[Mg+2]. The normalized spacial score (nSPS) is 15.3. The van der Waals surface area contributed by atoms with Crippen molar-refractivity contribution in [1.29, 1.82) is 0 Å². The largest absolute Gasteiger partial charge is 2.00 e. The van der Waals surface area contributed by atoms with Crippen molar-refractivity contribution in [2.45, 2.75) is 50.2 Å². The number of carbonyl (C=O) groups excluding carboxylic acids is 2. The Morgan fingerprint density at radius 2 is 1.88 bits per heavy atom. The number of benzene rings is 1. The van der Waals surface area contributed by atoms with E-state index in [-0.39, 0.29) is 50.4 Å². The molecule has 1 unspecified atom stereocenters. The molecule has 136 valence electrons. The molecule has 0 saturated heterocycles. The summed E-state index contributed by atoms with van der Waals surface area (Å²) in [6.07, 6.45) is 3.95. The third-order valence-electron chi connectivity index (χ3n) is 4.18. The standard InChI is InChI=1S/C17H22O6S.Mg.2H/c1-22-15(18)9-10-16(19)23-14-8-4-7-13(11-24(20)21)17(14)12-5-2-3-6-12;;;/h4,7-8,12H,2-3,5-6,9-11H2,1H3,(H,20,21);;;/q;+2;2*-1/p-1. The molecule has 1 fully saturated rings. The quantitative estimate of drug-likeness (QED) is 0.312. The summed E-state index contributed by atoms with van der Waals surface area (Å²) < 4.78 is 32.2. The van der Waals surface area contributed by atoms with E-state index in [0.717, 1.165) is 31.2 Å². The molecule has 1 aromatic carbocycles. The number of ether oxygens (including phenoxy) is 2. The molecule has 25 heavy (non-hydrogen) atoms. The van der Waals surface area contributed by atoms with Crippen LogP contribution in [0.5, 0.6) is 5.75 Å². The van der Waals surface area contributed by atoms with Crippen molar-refractivity contribution < 1.29 is 30.7 Å². The molecule has 0 aliphatic heterocycles. The first-order chi connectivity index (χ1) is 11.5. The molecular formula is C17H23MgO6S-. The van der Waals surface area contributed by atoms with Crippen molar-refractivity contribution >= 4 is 46.1 Å². The number of carbonyl (C=O) groups is 2. The molecule has 1 aliphatic rings. The predicted octanol–water partition coefficient (Wildman–Crippen LogP) is 2.43. The van der Waals surface area contributed by atoms with Crippen molar-refractivity contribution in [3.63, 3.8) is 0 Å². The maximum atomic E-state index is 12.0.